The second kappa shape index (κ2) is 10.0. The van der Waals surface area contributed by atoms with Crippen molar-refractivity contribution in [1.29, 1.82) is 0 Å². The number of nitrogens with zero attached hydrogens (tertiary/aromatic N) is 5. The lowest BCUT2D eigenvalue weighted by atomic mass is 10.1. The number of methoxy groups -OCH3 is 2. The molecule has 0 aliphatic rings. The Morgan fingerprint density at radius 2 is 1.91 bits per heavy atom. The van der Waals surface area contributed by atoms with E-state index in [9.17, 15) is 0 Å². The first-order chi connectivity index (χ1) is 16.4. The molecule has 0 amide bonds. The van der Waals surface area contributed by atoms with Crippen LogP contribution in [0.4, 0.5) is 15.8 Å². The van der Waals surface area contributed by atoms with Crippen LogP contribution in [-0.4, -0.2) is 53.3 Å². The summed E-state index contributed by atoms with van der Waals surface area (Å²) in [5, 5.41) is 17.2. The number of anilines is 2. The normalized spacial score (nSPS) is 11.3. The molecule has 2 aromatic heterocycles. The van der Waals surface area contributed by atoms with E-state index in [4.69, 9.17) is 9.47 Å². The molecule has 4 rings (SSSR count). The third-order valence-corrected chi connectivity index (χ3v) is 5.51. The molecule has 0 aliphatic carbocycles. The smallest absolute Gasteiger partial charge is 0.188 e. The van der Waals surface area contributed by atoms with Crippen molar-refractivity contribution in [2.75, 3.05) is 32.2 Å². The first-order valence-corrected chi connectivity index (χ1v) is 11.1. The van der Waals surface area contributed by atoms with Gasteiger partial charge in [-0.2, -0.15) is 5.10 Å². The zero-order valence-electron chi connectivity index (χ0n) is 20.0. The van der Waals surface area contributed by atoms with E-state index in [1.807, 2.05) is 42.4 Å². The van der Waals surface area contributed by atoms with Gasteiger partial charge in [0, 0.05) is 61.1 Å². The Hall–Kier alpha value is -3.72. The summed E-state index contributed by atoms with van der Waals surface area (Å²) in [4.78, 5) is 1.92. The molecule has 0 radical (unpaired) electrons. The quantitative estimate of drug-likeness (QED) is 0.395. The van der Waals surface area contributed by atoms with Crippen molar-refractivity contribution >= 4 is 22.3 Å². The van der Waals surface area contributed by atoms with Crippen LogP contribution in [0.2, 0.25) is 0 Å². The third kappa shape index (κ3) is 4.94. The van der Waals surface area contributed by atoms with E-state index in [-0.39, 0.29) is 5.75 Å². The molecule has 0 saturated heterocycles. The fraction of sp³-hybridized carbons (Fsp3) is 0.320. The summed E-state index contributed by atoms with van der Waals surface area (Å²) < 4.78 is 27.8. The maximum atomic E-state index is 15.4. The summed E-state index contributed by atoms with van der Waals surface area (Å²) in [6.07, 6.45) is 3.64. The molecular weight excluding hydrogens is 435 g/mol. The minimum absolute atomic E-state index is 0.127. The zero-order chi connectivity index (χ0) is 24.2. The van der Waals surface area contributed by atoms with Crippen LogP contribution in [0.25, 0.3) is 22.2 Å². The molecule has 0 spiro atoms. The minimum Gasteiger partial charge on any atom is -0.497 e. The van der Waals surface area contributed by atoms with Gasteiger partial charge in [0.15, 0.2) is 11.6 Å². The summed E-state index contributed by atoms with van der Waals surface area (Å²) >= 11 is 0. The van der Waals surface area contributed by atoms with E-state index in [0.29, 0.717) is 30.6 Å². The Kier molecular flexibility index (Phi) is 6.93. The van der Waals surface area contributed by atoms with Crippen LogP contribution in [0.15, 0.2) is 48.8 Å². The molecule has 0 saturated carbocycles. The van der Waals surface area contributed by atoms with Gasteiger partial charge in [0.2, 0.25) is 0 Å². The molecule has 4 aromatic rings. The van der Waals surface area contributed by atoms with Gasteiger partial charge in [-0.05, 0) is 24.3 Å². The van der Waals surface area contributed by atoms with Crippen LogP contribution >= 0.6 is 0 Å². The van der Waals surface area contributed by atoms with E-state index >= 15 is 4.39 Å². The van der Waals surface area contributed by atoms with Gasteiger partial charge < -0.3 is 19.7 Å². The van der Waals surface area contributed by atoms with Gasteiger partial charge in [-0.15, -0.1) is 10.2 Å². The molecule has 8 nitrogen and oxygen atoms in total. The molecule has 1 N–H and O–H groups in total. The van der Waals surface area contributed by atoms with Crippen molar-refractivity contribution in [2.45, 2.75) is 19.9 Å². The minimum atomic E-state index is -0.447. The number of ether oxygens (including phenoxy) is 2. The number of fused-ring (bicyclic) bond motifs is 1. The lowest BCUT2D eigenvalue weighted by molar-refractivity contribution is 0.374. The molecule has 2 heterocycles. The van der Waals surface area contributed by atoms with Crippen molar-refractivity contribution in [3.05, 3.63) is 54.6 Å². The largest absolute Gasteiger partial charge is 0.497 e. The van der Waals surface area contributed by atoms with Gasteiger partial charge in [0.25, 0.3) is 0 Å². The number of hydrogen-bond acceptors (Lipinski definition) is 7. The highest BCUT2D eigenvalue weighted by Gasteiger charge is 2.20. The van der Waals surface area contributed by atoms with E-state index < -0.39 is 5.82 Å². The standard InChI is InChI=1S/C25H29FN6O2/c1-16(2)27-8-9-32(23-12-20(33-4)13-24(34-5)25(23)26)19-6-7-21-17(10-19)11-22(30-29-21)18-14-28-31(3)15-18/h6-7,10-16,27H,8-9H2,1-5H3. The van der Waals surface area contributed by atoms with Gasteiger partial charge in [0.1, 0.15) is 5.75 Å². The van der Waals surface area contributed by atoms with Gasteiger partial charge in [-0.3, -0.25) is 4.68 Å². The average Bonchev–Trinajstić information content (AvgIpc) is 3.27. The Morgan fingerprint density at radius 3 is 2.59 bits per heavy atom. The molecule has 0 atom stereocenters. The monoisotopic (exact) mass is 464 g/mol. The number of halogens is 1. The van der Waals surface area contributed by atoms with Gasteiger partial charge >= 0.3 is 0 Å². The second-order valence-corrected chi connectivity index (χ2v) is 8.30. The molecule has 34 heavy (non-hydrogen) atoms. The predicted molar refractivity (Wildman–Crippen MR) is 131 cm³/mol. The Bertz CT molecular complexity index is 1290. The molecule has 0 unspecified atom stereocenters. The second-order valence-electron chi connectivity index (χ2n) is 8.30. The van der Waals surface area contributed by atoms with E-state index in [1.54, 1.807) is 30.1 Å². The molecule has 0 aliphatic heterocycles. The third-order valence-electron chi connectivity index (χ3n) is 5.51. The summed E-state index contributed by atoms with van der Waals surface area (Å²) in [5.74, 6) is 0.194. The predicted octanol–water partition coefficient (Wildman–Crippen LogP) is 4.32. The van der Waals surface area contributed by atoms with E-state index in [2.05, 4.69) is 34.5 Å². The Labute approximate surface area is 198 Å². The molecule has 0 fully saturated rings. The highest BCUT2D eigenvalue weighted by atomic mass is 19.1. The Morgan fingerprint density at radius 1 is 1.09 bits per heavy atom. The molecular formula is C25H29FN6O2. The van der Waals surface area contributed by atoms with Crippen LogP contribution in [0, 0.1) is 5.82 Å². The van der Waals surface area contributed by atoms with Crippen LogP contribution in [-0.2, 0) is 7.05 Å². The van der Waals surface area contributed by atoms with Crippen LogP contribution in [0.3, 0.4) is 0 Å². The molecule has 178 valence electrons. The lowest BCUT2D eigenvalue weighted by Crippen LogP contribution is -2.33. The van der Waals surface area contributed by atoms with E-state index in [0.717, 1.165) is 27.8 Å². The zero-order valence-corrected chi connectivity index (χ0v) is 20.0. The maximum absolute atomic E-state index is 15.4. The van der Waals surface area contributed by atoms with Crippen molar-refractivity contribution in [3.63, 3.8) is 0 Å². The van der Waals surface area contributed by atoms with E-state index in [1.165, 1.54) is 7.11 Å². The molecule has 0 bridgehead atoms. The number of rotatable bonds is 9. The van der Waals surface area contributed by atoms with Gasteiger partial charge in [0.05, 0.1) is 37.3 Å². The summed E-state index contributed by atoms with van der Waals surface area (Å²) in [7, 11) is 4.85. The SMILES string of the molecule is COc1cc(OC)c(F)c(N(CCNC(C)C)c2ccc3nnc(-c4cnn(C)c4)cc3c2)c1. The molecule has 2 aromatic carbocycles. The average molecular weight is 465 g/mol. The number of hydrogen-bond donors (Lipinski definition) is 1. The first-order valence-electron chi connectivity index (χ1n) is 11.1. The number of benzene rings is 2. The van der Waals surface area contributed by atoms with Crippen molar-refractivity contribution in [3.8, 4) is 22.8 Å². The van der Waals surface area contributed by atoms with Crippen molar-refractivity contribution in [1.82, 2.24) is 25.3 Å². The Balaban J connectivity index is 1.80. The lowest BCUT2D eigenvalue weighted by Gasteiger charge is -2.27. The van der Waals surface area contributed by atoms with Crippen molar-refractivity contribution < 1.29 is 13.9 Å². The fourth-order valence-corrected chi connectivity index (χ4v) is 3.77. The topological polar surface area (TPSA) is 77.3 Å². The van der Waals surface area contributed by atoms with Gasteiger partial charge in [-0.25, -0.2) is 4.39 Å². The van der Waals surface area contributed by atoms with Crippen molar-refractivity contribution in [2.24, 2.45) is 7.05 Å². The highest BCUT2D eigenvalue weighted by molar-refractivity contribution is 5.86. The summed E-state index contributed by atoms with van der Waals surface area (Å²) in [5.41, 5.74) is 3.54. The fourth-order valence-electron chi connectivity index (χ4n) is 3.77. The van der Waals surface area contributed by atoms with Crippen LogP contribution in [0.1, 0.15) is 13.8 Å². The summed E-state index contributed by atoms with van der Waals surface area (Å²) in [6.45, 7) is 5.34. The number of nitrogens with one attached hydrogen (secondary N) is 1. The highest BCUT2D eigenvalue weighted by Crippen LogP contribution is 2.37. The number of aryl methyl sites for hydroxylation is 1. The number of aromatic nitrogens is 4. The van der Waals surface area contributed by atoms with Crippen LogP contribution in [0.5, 0.6) is 11.5 Å². The molecule has 9 heteroatoms. The first kappa shape index (κ1) is 23.4. The van der Waals surface area contributed by atoms with Gasteiger partial charge in [-0.1, -0.05) is 13.8 Å². The van der Waals surface area contributed by atoms with Crippen LogP contribution < -0.4 is 19.7 Å². The maximum Gasteiger partial charge on any atom is 0.188 e. The summed E-state index contributed by atoms with van der Waals surface area (Å²) in [6, 6.07) is 11.3.